The quantitative estimate of drug-likeness (QED) is 0.842. The van der Waals surface area contributed by atoms with Crippen LogP contribution in [0.25, 0.3) is 0 Å². The normalized spacial score (nSPS) is 11.9. The molecule has 0 spiro atoms. The van der Waals surface area contributed by atoms with Gasteiger partial charge < -0.3 is 15.8 Å². The van der Waals surface area contributed by atoms with Crippen molar-refractivity contribution in [3.05, 3.63) is 64.1 Å². The highest BCUT2D eigenvalue weighted by Gasteiger charge is 2.18. The molecule has 2 aromatic rings. The summed E-state index contributed by atoms with van der Waals surface area (Å²) >= 11 is 3.45. The van der Waals surface area contributed by atoms with Crippen LogP contribution >= 0.6 is 15.9 Å². The molecule has 21 heavy (non-hydrogen) atoms. The van der Waals surface area contributed by atoms with Crippen molar-refractivity contribution in [2.24, 2.45) is 5.73 Å². The minimum absolute atomic E-state index is 0.426. The number of halogens is 1. The number of carbonyl (C=O) groups excluding carboxylic acids is 1. The molecule has 4 nitrogen and oxygen atoms in total. The molecule has 0 bridgehead atoms. The maximum Gasteiger partial charge on any atom is 0.244 e. The lowest BCUT2D eigenvalue weighted by molar-refractivity contribution is -0.118. The van der Waals surface area contributed by atoms with E-state index < -0.39 is 11.9 Å². The monoisotopic (exact) mass is 348 g/mol. The number of methoxy groups -OCH3 is 1. The maximum absolute atomic E-state index is 11.7. The van der Waals surface area contributed by atoms with E-state index in [0.29, 0.717) is 6.61 Å². The lowest BCUT2D eigenvalue weighted by Crippen LogP contribution is -2.27. The van der Waals surface area contributed by atoms with Gasteiger partial charge in [-0.05, 0) is 39.2 Å². The van der Waals surface area contributed by atoms with Gasteiger partial charge in [0, 0.05) is 17.3 Å². The summed E-state index contributed by atoms with van der Waals surface area (Å²) in [4.78, 5) is 11.7. The number of benzene rings is 2. The van der Waals surface area contributed by atoms with Gasteiger partial charge in [0.05, 0.1) is 6.61 Å². The number of carbonyl (C=O) groups is 1. The molecule has 5 heteroatoms. The molecule has 0 aliphatic rings. The summed E-state index contributed by atoms with van der Waals surface area (Å²) in [6.45, 7) is 0.541. The second-order valence-electron chi connectivity index (χ2n) is 4.63. The Labute approximate surface area is 132 Å². The van der Waals surface area contributed by atoms with E-state index in [1.807, 2.05) is 48.5 Å². The Bertz CT molecular complexity index is 614. The SMILES string of the molecule is COCc1ccc(C(Nc2ccccc2Br)C(N)=O)cc1. The van der Waals surface area contributed by atoms with Crippen molar-refractivity contribution in [1.82, 2.24) is 0 Å². The first-order chi connectivity index (χ1) is 10.1. The molecule has 1 unspecified atom stereocenters. The van der Waals surface area contributed by atoms with Gasteiger partial charge in [0.25, 0.3) is 0 Å². The molecule has 0 saturated carbocycles. The number of ether oxygens (including phenoxy) is 1. The molecule has 0 fully saturated rings. The molecular weight excluding hydrogens is 332 g/mol. The van der Waals surface area contributed by atoms with E-state index in [-0.39, 0.29) is 0 Å². The van der Waals surface area contributed by atoms with Crippen molar-refractivity contribution in [3.8, 4) is 0 Å². The van der Waals surface area contributed by atoms with Crippen molar-refractivity contribution in [3.63, 3.8) is 0 Å². The Hall–Kier alpha value is -1.85. The largest absolute Gasteiger partial charge is 0.380 e. The summed E-state index contributed by atoms with van der Waals surface area (Å²) in [5, 5.41) is 3.16. The smallest absolute Gasteiger partial charge is 0.244 e. The highest BCUT2D eigenvalue weighted by molar-refractivity contribution is 9.10. The van der Waals surface area contributed by atoms with Crippen molar-refractivity contribution in [1.29, 1.82) is 0 Å². The van der Waals surface area contributed by atoms with Gasteiger partial charge in [-0.1, -0.05) is 36.4 Å². The van der Waals surface area contributed by atoms with Gasteiger partial charge >= 0.3 is 0 Å². The van der Waals surface area contributed by atoms with Crippen molar-refractivity contribution in [2.75, 3.05) is 12.4 Å². The first-order valence-electron chi connectivity index (χ1n) is 6.50. The highest BCUT2D eigenvalue weighted by Crippen LogP contribution is 2.26. The Kier molecular flexibility index (Phi) is 5.36. The molecule has 2 rings (SSSR count). The molecule has 0 radical (unpaired) electrons. The zero-order valence-corrected chi connectivity index (χ0v) is 13.3. The minimum atomic E-state index is -0.583. The third-order valence-electron chi connectivity index (χ3n) is 3.08. The standard InChI is InChI=1S/C16H17BrN2O2/c1-21-10-11-6-8-12(9-7-11)15(16(18)20)19-14-5-3-2-4-13(14)17/h2-9,15,19H,10H2,1H3,(H2,18,20). The van der Waals surface area contributed by atoms with Gasteiger partial charge in [0.1, 0.15) is 6.04 Å². The fourth-order valence-corrected chi connectivity index (χ4v) is 2.42. The number of anilines is 1. The van der Waals surface area contributed by atoms with Crippen LogP contribution in [0, 0.1) is 0 Å². The molecule has 0 aliphatic carbocycles. The Balaban J connectivity index is 2.23. The summed E-state index contributed by atoms with van der Waals surface area (Å²) in [6, 6.07) is 14.6. The van der Waals surface area contributed by atoms with Crippen LogP contribution in [0.1, 0.15) is 17.2 Å². The van der Waals surface area contributed by atoms with E-state index in [4.69, 9.17) is 10.5 Å². The van der Waals surface area contributed by atoms with E-state index in [0.717, 1.165) is 21.3 Å². The lowest BCUT2D eigenvalue weighted by Gasteiger charge is -2.18. The number of nitrogens with two attached hydrogens (primary N) is 1. The summed E-state index contributed by atoms with van der Waals surface area (Å²) in [5.74, 6) is -0.426. The number of hydrogen-bond acceptors (Lipinski definition) is 3. The molecule has 0 saturated heterocycles. The Morgan fingerprint density at radius 1 is 1.24 bits per heavy atom. The fraction of sp³-hybridized carbons (Fsp3) is 0.188. The Morgan fingerprint density at radius 3 is 2.48 bits per heavy atom. The molecule has 3 N–H and O–H groups in total. The number of rotatable bonds is 6. The molecule has 1 amide bonds. The minimum Gasteiger partial charge on any atom is -0.380 e. The van der Waals surface area contributed by atoms with Gasteiger partial charge in [-0.2, -0.15) is 0 Å². The van der Waals surface area contributed by atoms with Crippen LogP contribution in [0.4, 0.5) is 5.69 Å². The predicted octanol–water partition coefficient (Wildman–Crippen LogP) is 3.23. The van der Waals surface area contributed by atoms with E-state index in [1.54, 1.807) is 7.11 Å². The van der Waals surface area contributed by atoms with Gasteiger partial charge in [-0.15, -0.1) is 0 Å². The van der Waals surface area contributed by atoms with Crippen LogP contribution in [0.15, 0.2) is 53.0 Å². The fourth-order valence-electron chi connectivity index (χ4n) is 2.03. The first kappa shape index (κ1) is 15.5. The molecule has 1 atom stereocenters. The van der Waals surface area contributed by atoms with Gasteiger partial charge in [0.15, 0.2) is 0 Å². The Morgan fingerprint density at radius 2 is 1.90 bits per heavy atom. The predicted molar refractivity (Wildman–Crippen MR) is 86.9 cm³/mol. The maximum atomic E-state index is 11.7. The summed E-state index contributed by atoms with van der Waals surface area (Å²) in [6.07, 6.45) is 0. The zero-order chi connectivity index (χ0) is 15.2. The molecule has 0 aromatic heterocycles. The van der Waals surface area contributed by atoms with E-state index in [2.05, 4.69) is 21.2 Å². The van der Waals surface area contributed by atoms with Gasteiger partial charge in [0.2, 0.25) is 5.91 Å². The number of amides is 1. The van der Waals surface area contributed by atoms with Crippen LogP contribution in [-0.4, -0.2) is 13.0 Å². The molecular formula is C16H17BrN2O2. The lowest BCUT2D eigenvalue weighted by atomic mass is 10.0. The summed E-state index contributed by atoms with van der Waals surface area (Å²) in [5.41, 5.74) is 8.21. The van der Waals surface area contributed by atoms with Crippen LogP contribution in [0.5, 0.6) is 0 Å². The van der Waals surface area contributed by atoms with Crippen LogP contribution < -0.4 is 11.1 Å². The number of para-hydroxylation sites is 1. The van der Waals surface area contributed by atoms with Gasteiger partial charge in [-0.25, -0.2) is 0 Å². The third-order valence-corrected chi connectivity index (χ3v) is 3.77. The first-order valence-corrected chi connectivity index (χ1v) is 7.29. The molecule has 2 aromatic carbocycles. The zero-order valence-electron chi connectivity index (χ0n) is 11.7. The highest BCUT2D eigenvalue weighted by atomic mass is 79.9. The van der Waals surface area contributed by atoms with Crippen LogP contribution in [0.2, 0.25) is 0 Å². The third kappa shape index (κ3) is 4.06. The van der Waals surface area contributed by atoms with Crippen molar-refractivity contribution >= 4 is 27.5 Å². The average Bonchev–Trinajstić information content (AvgIpc) is 2.47. The number of primary amides is 1. The molecule has 0 aliphatic heterocycles. The van der Waals surface area contributed by atoms with Crippen molar-refractivity contribution < 1.29 is 9.53 Å². The number of hydrogen-bond donors (Lipinski definition) is 2. The van der Waals surface area contributed by atoms with E-state index in [9.17, 15) is 4.79 Å². The number of nitrogens with one attached hydrogen (secondary N) is 1. The van der Waals surface area contributed by atoms with Crippen LogP contribution in [0.3, 0.4) is 0 Å². The topological polar surface area (TPSA) is 64.3 Å². The second kappa shape index (κ2) is 7.24. The molecule has 0 heterocycles. The van der Waals surface area contributed by atoms with Crippen LogP contribution in [-0.2, 0) is 16.1 Å². The average molecular weight is 349 g/mol. The van der Waals surface area contributed by atoms with E-state index in [1.165, 1.54) is 0 Å². The molecule has 110 valence electrons. The summed E-state index contributed by atoms with van der Waals surface area (Å²) < 4.78 is 5.96. The van der Waals surface area contributed by atoms with Gasteiger partial charge in [-0.3, -0.25) is 4.79 Å². The summed E-state index contributed by atoms with van der Waals surface area (Å²) in [7, 11) is 1.65. The van der Waals surface area contributed by atoms with E-state index >= 15 is 0 Å². The van der Waals surface area contributed by atoms with Crippen molar-refractivity contribution in [2.45, 2.75) is 12.6 Å². The second-order valence-corrected chi connectivity index (χ2v) is 5.49.